The molecule has 2 N–H and O–H groups in total. The third kappa shape index (κ3) is 5.73. The van der Waals surface area contributed by atoms with Gasteiger partial charge in [0.25, 0.3) is 0 Å². The van der Waals surface area contributed by atoms with Gasteiger partial charge in [-0.2, -0.15) is 0 Å². The summed E-state index contributed by atoms with van der Waals surface area (Å²) in [7, 11) is 1.59. The van der Waals surface area contributed by atoms with Gasteiger partial charge in [0.2, 0.25) is 11.8 Å². The highest BCUT2D eigenvalue weighted by molar-refractivity contribution is 5.94. The molecule has 6 nitrogen and oxygen atoms in total. The summed E-state index contributed by atoms with van der Waals surface area (Å²) in [6.45, 7) is 6.11. The number of piperidine rings is 1. The van der Waals surface area contributed by atoms with Crippen molar-refractivity contribution in [3.8, 4) is 5.75 Å². The Morgan fingerprint density at radius 3 is 2.46 bits per heavy atom. The number of amides is 2. The molecular formula is C20H31N3O3. The average Bonchev–Trinajstić information content (AvgIpc) is 2.67. The minimum absolute atomic E-state index is 0.0237. The minimum Gasteiger partial charge on any atom is -0.495 e. The van der Waals surface area contributed by atoms with E-state index in [1.54, 1.807) is 7.11 Å². The number of hydrogen-bond donors (Lipinski definition) is 2. The molecule has 1 aromatic rings. The molecule has 0 aliphatic carbocycles. The van der Waals surface area contributed by atoms with E-state index in [0.717, 1.165) is 38.8 Å². The van der Waals surface area contributed by atoms with Gasteiger partial charge in [-0.1, -0.05) is 26.0 Å². The fraction of sp³-hybridized carbons (Fsp3) is 0.600. The van der Waals surface area contributed by atoms with E-state index in [2.05, 4.69) is 29.4 Å². The standard InChI is InChI=1S/C20H31N3O3/c1-4-16(5-2)21-19(24)14-23-12-10-15(11-13-23)20(25)22-17-8-6-7-9-18(17)26-3/h6-9,15-16H,4-5,10-14H2,1-3H3,(H,21,24)(H,22,25). The third-order valence-corrected chi connectivity index (χ3v) is 5.04. The van der Waals surface area contributed by atoms with Gasteiger partial charge in [0.05, 0.1) is 19.3 Å². The first kappa shape index (κ1) is 20.2. The SMILES string of the molecule is CCC(CC)NC(=O)CN1CCC(C(=O)Nc2ccccc2OC)CC1. The number of ether oxygens (including phenoxy) is 1. The van der Waals surface area contributed by atoms with Gasteiger partial charge in [0.1, 0.15) is 5.75 Å². The second-order valence-corrected chi connectivity index (χ2v) is 6.82. The Morgan fingerprint density at radius 1 is 1.19 bits per heavy atom. The number of benzene rings is 1. The van der Waals surface area contributed by atoms with Gasteiger partial charge in [0.15, 0.2) is 0 Å². The fourth-order valence-corrected chi connectivity index (χ4v) is 3.31. The monoisotopic (exact) mass is 361 g/mol. The molecule has 0 aromatic heterocycles. The Kier molecular flexibility index (Phi) is 7.91. The summed E-state index contributed by atoms with van der Waals surface area (Å²) in [5, 5.41) is 6.04. The minimum atomic E-state index is -0.0294. The molecule has 2 amide bonds. The van der Waals surface area contributed by atoms with Crippen molar-refractivity contribution in [2.24, 2.45) is 5.92 Å². The molecule has 0 saturated carbocycles. The number of likely N-dealkylation sites (tertiary alicyclic amines) is 1. The van der Waals surface area contributed by atoms with E-state index in [0.29, 0.717) is 18.0 Å². The van der Waals surface area contributed by atoms with E-state index in [-0.39, 0.29) is 23.8 Å². The van der Waals surface area contributed by atoms with Gasteiger partial charge < -0.3 is 15.4 Å². The highest BCUT2D eigenvalue weighted by atomic mass is 16.5. The van der Waals surface area contributed by atoms with Gasteiger partial charge in [0, 0.05) is 12.0 Å². The van der Waals surface area contributed by atoms with E-state index in [1.165, 1.54) is 0 Å². The normalized spacial score (nSPS) is 15.7. The molecule has 26 heavy (non-hydrogen) atoms. The van der Waals surface area contributed by atoms with Crippen LogP contribution in [0.25, 0.3) is 0 Å². The van der Waals surface area contributed by atoms with Crippen molar-refractivity contribution in [3.63, 3.8) is 0 Å². The number of anilines is 1. The summed E-state index contributed by atoms with van der Waals surface area (Å²) in [4.78, 5) is 26.8. The Balaban J connectivity index is 1.78. The van der Waals surface area contributed by atoms with Crippen molar-refractivity contribution in [1.29, 1.82) is 0 Å². The van der Waals surface area contributed by atoms with Crippen molar-refractivity contribution in [1.82, 2.24) is 10.2 Å². The van der Waals surface area contributed by atoms with Crippen LogP contribution in [0.3, 0.4) is 0 Å². The molecule has 0 radical (unpaired) electrons. The number of nitrogens with one attached hydrogen (secondary N) is 2. The lowest BCUT2D eigenvalue weighted by Crippen LogP contribution is -2.45. The highest BCUT2D eigenvalue weighted by Crippen LogP contribution is 2.25. The van der Waals surface area contributed by atoms with E-state index in [4.69, 9.17) is 4.74 Å². The van der Waals surface area contributed by atoms with Gasteiger partial charge in [-0.3, -0.25) is 14.5 Å². The second-order valence-electron chi connectivity index (χ2n) is 6.82. The van der Waals surface area contributed by atoms with Crippen LogP contribution in [0.4, 0.5) is 5.69 Å². The van der Waals surface area contributed by atoms with E-state index in [1.807, 2.05) is 24.3 Å². The highest BCUT2D eigenvalue weighted by Gasteiger charge is 2.26. The van der Waals surface area contributed by atoms with Gasteiger partial charge in [-0.25, -0.2) is 0 Å². The Labute approximate surface area is 156 Å². The third-order valence-electron chi connectivity index (χ3n) is 5.04. The molecule has 6 heteroatoms. The maximum atomic E-state index is 12.5. The number of carbonyl (C=O) groups excluding carboxylic acids is 2. The summed E-state index contributed by atoms with van der Waals surface area (Å²) >= 11 is 0. The summed E-state index contributed by atoms with van der Waals surface area (Å²) in [6.07, 6.45) is 3.43. The van der Waals surface area contributed by atoms with Gasteiger partial charge >= 0.3 is 0 Å². The molecule has 0 unspecified atom stereocenters. The van der Waals surface area contributed by atoms with Crippen molar-refractivity contribution in [3.05, 3.63) is 24.3 Å². The first-order valence-electron chi connectivity index (χ1n) is 9.52. The van der Waals surface area contributed by atoms with E-state index >= 15 is 0 Å². The molecular weight excluding hydrogens is 330 g/mol. The average molecular weight is 361 g/mol. The van der Waals surface area contributed by atoms with Crippen LogP contribution in [0.1, 0.15) is 39.5 Å². The molecule has 1 heterocycles. The van der Waals surface area contributed by atoms with Crippen LogP contribution in [0.2, 0.25) is 0 Å². The molecule has 144 valence electrons. The predicted octanol–water partition coefficient (Wildman–Crippen LogP) is 2.65. The van der Waals surface area contributed by atoms with Crippen LogP contribution in [0.15, 0.2) is 24.3 Å². The zero-order chi connectivity index (χ0) is 18.9. The van der Waals surface area contributed by atoms with Crippen LogP contribution in [0, 0.1) is 5.92 Å². The summed E-state index contributed by atoms with van der Waals surface area (Å²) in [6, 6.07) is 7.68. The van der Waals surface area contributed by atoms with E-state index in [9.17, 15) is 9.59 Å². The fourth-order valence-electron chi connectivity index (χ4n) is 3.31. The topological polar surface area (TPSA) is 70.7 Å². The van der Waals surface area contributed by atoms with Crippen molar-refractivity contribution >= 4 is 17.5 Å². The molecule has 1 aromatic carbocycles. The van der Waals surface area contributed by atoms with Crippen molar-refractivity contribution < 1.29 is 14.3 Å². The molecule has 1 aliphatic heterocycles. The summed E-state index contributed by atoms with van der Waals surface area (Å²) in [5.74, 6) is 0.737. The molecule has 0 atom stereocenters. The van der Waals surface area contributed by atoms with Gasteiger partial charge in [-0.15, -0.1) is 0 Å². The number of carbonyl (C=O) groups is 2. The predicted molar refractivity (Wildman–Crippen MR) is 103 cm³/mol. The number of methoxy groups -OCH3 is 1. The Hall–Kier alpha value is -2.08. The Bertz CT molecular complexity index is 594. The smallest absolute Gasteiger partial charge is 0.234 e. The quantitative estimate of drug-likeness (QED) is 0.747. The molecule has 0 spiro atoms. The number of nitrogens with zero attached hydrogens (tertiary/aromatic N) is 1. The van der Waals surface area contributed by atoms with Gasteiger partial charge in [-0.05, 0) is 50.9 Å². The number of para-hydroxylation sites is 2. The first-order valence-corrected chi connectivity index (χ1v) is 9.52. The zero-order valence-electron chi connectivity index (χ0n) is 16.1. The lowest BCUT2D eigenvalue weighted by molar-refractivity contribution is -0.124. The summed E-state index contributed by atoms with van der Waals surface area (Å²) < 4.78 is 5.28. The molecule has 1 aliphatic rings. The number of hydrogen-bond acceptors (Lipinski definition) is 4. The summed E-state index contributed by atoms with van der Waals surface area (Å²) in [5.41, 5.74) is 0.701. The van der Waals surface area contributed by atoms with Crippen LogP contribution in [-0.2, 0) is 9.59 Å². The Morgan fingerprint density at radius 2 is 1.85 bits per heavy atom. The molecule has 0 bridgehead atoms. The van der Waals surface area contributed by atoms with Crippen LogP contribution < -0.4 is 15.4 Å². The number of rotatable bonds is 8. The lowest BCUT2D eigenvalue weighted by Gasteiger charge is -2.31. The maximum absolute atomic E-state index is 12.5. The van der Waals surface area contributed by atoms with Crippen molar-refractivity contribution in [2.75, 3.05) is 32.1 Å². The molecule has 1 saturated heterocycles. The van der Waals surface area contributed by atoms with Crippen molar-refractivity contribution in [2.45, 2.75) is 45.6 Å². The van der Waals surface area contributed by atoms with Crippen LogP contribution in [-0.4, -0.2) is 49.5 Å². The second kappa shape index (κ2) is 10.2. The zero-order valence-corrected chi connectivity index (χ0v) is 16.1. The largest absolute Gasteiger partial charge is 0.495 e. The molecule has 2 rings (SSSR count). The first-order chi connectivity index (χ1) is 12.6. The van der Waals surface area contributed by atoms with E-state index < -0.39 is 0 Å². The van der Waals surface area contributed by atoms with Crippen LogP contribution >= 0.6 is 0 Å². The molecule has 1 fully saturated rings. The maximum Gasteiger partial charge on any atom is 0.234 e. The van der Waals surface area contributed by atoms with Crippen LogP contribution in [0.5, 0.6) is 5.75 Å². The lowest BCUT2D eigenvalue weighted by atomic mass is 9.95.